The molecule has 0 N–H and O–H groups in total. The lowest BCUT2D eigenvalue weighted by Crippen LogP contribution is -2.46. The summed E-state index contributed by atoms with van der Waals surface area (Å²) in [6.07, 6.45) is -0.147. The smallest absolute Gasteiger partial charge is 0.264 e. The van der Waals surface area contributed by atoms with Crippen LogP contribution in [0.3, 0.4) is 0 Å². The molecule has 11 heteroatoms. The van der Waals surface area contributed by atoms with Gasteiger partial charge in [0.1, 0.15) is 17.6 Å². The Balaban J connectivity index is 1.44. The largest absolute Gasteiger partial charge is 0.497 e. The minimum atomic E-state index is -3.95. The lowest BCUT2D eigenvalue weighted by molar-refractivity contribution is -0.131. The molecule has 0 aliphatic carbocycles. The predicted octanol–water partition coefficient (Wildman–Crippen LogP) is 3.66. The molecule has 3 aromatic rings. The third-order valence-electron chi connectivity index (χ3n) is 7.25. The van der Waals surface area contributed by atoms with Crippen molar-refractivity contribution < 1.29 is 31.1 Å². The molecule has 1 atom stereocenters. The van der Waals surface area contributed by atoms with E-state index in [0.717, 1.165) is 16.7 Å². The molecule has 5 rings (SSSR count). The topological polar surface area (TPSA) is 110 Å². The maximum Gasteiger partial charge on any atom is 0.264 e. The van der Waals surface area contributed by atoms with E-state index in [1.165, 1.54) is 4.31 Å². The fourth-order valence-corrected chi connectivity index (χ4v) is 7.78. The van der Waals surface area contributed by atoms with Crippen molar-refractivity contribution in [3.63, 3.8) is 0 Å². The van der Waals surface area contributed by atoms with Gasteiger partial charge >= 0.3 is 0 Å². The summed E-state index contributed by atoms with van der Waals surface area (Å²) in [5.74, 6) is 0.863. The Hall–Kier alpha value is -3.57. The third-order valence-corrected chi connectivity index (χ3v) is 10.6. The number of amides is 1. The van der Waals surface area contributed by atoms with E-state index in [-0.39, 0.29) is 48.4 Å². The molecular weight excluding hydrogens is 552 g/mol. The maximum atomic E-state index is 14.0. The van der Waals surface area contributed by atoms with Gasteiger partial charge in [-0.25, -0.2) is 16.8 Å². The van der Waals surface area contributed by atoms with Crippen molar-refractivity contribution in [2.75, 3.05) is 42.6 Å². The standard InChI is InChI=1S/C29H32N2O7S2/c1-21-5-3-8-26(17-21)40(35,36)31-20-25(10-12-29(32)30-13-15-39(33,34)16-14-30)38-28-11-9-23(19-27(28)31)22-6-4-7-24(18-22)37-2/h3-9,11,17-19,25H,10,12-16,20H2,1-2H3/t25-/m0/s1. The Morgan fingerprint density at radius 2 is 1.73 bits per heavy atom. The number of fused-ring (bicyclic) bond motifs is 1. The molecule has 2 aliphatic heterocycles. The van der Waals surface area contributed by atoms with Gasteiger partial charge in [0.25, 0.3) is 10.0 Å². The second kappa shape index (κ2) is 11.1. The van der Waals surface area contributed by atoms with Gasteiger partial charge in [-0.15, -0.1) is 0 Å². The van der Waals surface area contributed by atoms with Crippen molar-refractivity contribution in [3.05, 3.63) is 72.3 Å². The minimum Gasteiger partial charge on any atom is -0.497 e. The molecule has 212 valence electrons. The highest BCUT2D eigenvalue weighted by Crippen LogP contribution is 2.41. The number of carbonyl (C=O) groups is 1. The fourth-order valence-electron chi connectivity index (χ4n) is 4.98. The number of sulfonamides is 1. The van der Waals surface area contributed by atoms with Crippen LogP contribution in [0.4, 0.5) is 5.69 Å². The number of hydrogen-bond acceptors (Lipinski definition) is 7. The van der Waals surface area contributed by atoms with Gasteiger partial charge in [-0.2, -0.15) is 0 Å². The molecule has 3 aromatic carbocycles. The number of sulfone groups is 1. The maximum absolute atomic E-state index is 14.0. The fraction of sp³-hybridized carbons (Fsp3) is 0.345. The van der Waals surface area contributed by atoms with Crippen LogP contribution in [0, 0.1) is 6.92 Å². The first kappa shape index (κ1) is 28.0. The summed E-state index contributed by atoms with van der Waals surface area (Å²) in [5.41, 5.74) is 2.92. The van der Waals surface area contributed by atoms with E-state index < -0.39 is 26.0 Å². The number of benzene rings is 3. The Bertz CT molecular complexity index is 1620. The number of ether oxygens (including phenoxy) is 2. The summed E-state index contributed by atoms with van der Waals surface area (Å²) in [6.45, 7) is 2.23. The van der Waals surface area contributed by atoms with Crippen molar-refractivity contribution in [3.8, 4) is 22.6 Å². The van der Waals surface area contributed by atoms with Gasteiger partial charge in [-0.1, -0.05) is 30.3 Å². The molecule has 0 unspecified atom stereocenters. The van der Waals surface area contributed by atoms with E-state index in [2.05, 4.69) is 0 Å². The molecule has 0 radical (unpaired) electrons. The molecule has 1 amide bonds. The average molecular weight is 585 g/mol. The summed E-state index contributed by atoms with van der Waals surface area (Å²) in [7, 11) is -5.45. The van der Waals surface area contributed by atoms with Crippen molar-refractivity contribution in [1.82, 2.24) is 4.90 Å². The van der Waals surface area contributed by atoms with Gasteiger partial charge in [0.05, 0.1) is 35.7 Å². The minimum absolute atomic E-state index is 0.0342. The number of hydrogen-bond donors (Lipinski definition) is 0. The molecule has 2 aliphatic rings. The van der Waals surface area contributed by atoms with Crippen LogP contribution in [-0.4, -0.2) is 72.0 Å². The Morgan fingerprint density at radius 3 is 2.45 bits per heavy atom. The van der Waals surface area contributed by atoms with Gasteiger partial charge in [0, 0.05) is 19.5 Å². The van der Waals surface area contributed by atoms with E-state index in [1.54, 1.807) is 42.3 Å². The molecule has 9 nitrogen and oxygen atoms in total. The van der Waals surface area contributed by atoms with E-state index >= 15 is 0 Å². The van der Waals surface area contributed by atoms with Gasteiger partial charge in [0.2, 0.25) is 5.91 Å². The molecule has 2 heterocycles. The first-order valence-corrected chi connectivity index (χ1v) is 16.3. The second-order valence-electron chi connectivity index (χ2n) is 10.1. The monoisotopic (exact) mass is 584 g/mol. The lowest BCUT2D eigenvalue weighted by atomic mass is 10.0. The number of anilines is 1. The quantitative estimate of drug-likeness (QED) is 0.417. The van der Waals surface area contributed by atoms with E-state index in [1.807, 2.05) is 43.3 Å². The van der Waals surface area contributed by atoms with Crippen LogP contribution in [-0.2, 0) is 24.7 Å². The normalized spacial score (nSPS) is 18.5. The van der Waals surface area contributed by atoms with Gasteiger partial charge < -0.3 is 14.4 Å². The van der Waals surface area contributed by atoms with Crippen molar-refractivity contribution >= 4 is 31.5 Å². The molecule has 0 spiro atoms. The summed E-state index contributed by atoms with van der Waals surface area (Å²) < 4.78 is 64.3. The number of aryl methyl sites for hydroxylation is 1. The third kappa shape index (κ3) is 5.95. The molecule has 1 saturated heterocycles. The van der Waals surface area contributed by atoms with Crippen LogP contribution in [0.1, 0.15) is 18.4 Å². The van der Waals surface area contributed by atoms with Crippen LogP contribution in [0.25, 0.3) is 11.1 Å². The number of nitrogens with zero attached hydrogens (tertiary/aromatic N) is 2. The molecular formula is C29H32N2O7S2. The van der Waals surface area contributed by atoms with E-state index in [4.69, 9.17) is 9.47 Å². The van der Waals surface area contributed by atoms with E-state index in [9.17, 15) is 21.6 Å². The van der Waals surface area contributed by atoms with Crippen LogP contribution < -0.4 is 13.8 Å². The Kier molecular flexibility index (Phi) is 7.78. The highest BCUT2D eigenvalue weighted by Gasteiger charge is 2.35. The predicted molar refractivity (Wildman–Crippen MR) is 153 cm³/mol. The van der Waals surface area contributed by atoms with Crippen molar-refractivity contribution in [2.45, 2.75) is 30.8 Å². The van der Waals surface area contributed by atoms with Gasteiger partial charge in [0.15, 0.2) is 9.84 Å². The second-order valence-corrected chi connectivity index (χ2v) is 14.2. The molecule has 0 saturated carbocycles. The van der Waals surface area contributed by atoms with Crippen LogP contribution in [0.15, 0.2) is 71.6 Å². The summed E-state index contributed by atoms with van der Waals surface area (Å²) >= 11 is 0. The van der Waals surface area contributed by atoms with E-state index in [0.29, 0.717) is 23.6 Å². The zero-order valence-corrected chi connectivity index (χ0v) is 24.1. The first-order chi connectivity index (χ1) is 19.1. The molecule has 40 heavy (non-hydrogen) atoms. The van der Waals surface area contributed by atoms with Crippen molar-refractivity contribution in [2.24, 2.45) is 0 Å². The summed E-state index contributed by atoms with van der Waals surface area (Å²) in [4.78, 5) is 14.6. The van der Waals surface area contributed by atoms with Crippen molar-refractivity contribution in [1.29, 1.82) is 0 Å². The van der Waals surface area contributed by atoms with Crippen LogP contribution >= 0.6 is 0 Å². The van der Waals surface area contributed by atoms with Crippen LogP contribution in [0.5, 0.6) is 11.5 Å². The zero-order chi connectivity index (χ0) is 28.5. The van der Waals surface area contributed by atoms with Crippen LogP contribution in [0.2, 0.25) is 0 Å². The van der Waals surface area contributed by atoms with Gasteiger partial charge in [-0.3, -0.25) is 9.10 Å². The number of rotatable bonds is 7. The molecule has 0 bridgehead atoms. The summed E-state index contributed by atoms with van der Waals surface area (Å²) in [6, 6.07) is 19.7. The van der Waals surface area contributed by atoms with Gasteiger partial charge in [-0.05, 0) is 66.4 Å². The first-order valence-electron chi connectivity index (χ1n) is 13.1. The highest BCUT2D eigenvalue weighted by molar-refractivity contribution is 7.93. The molecule has 0 aromatic heterocycles. The lowest BCUT2D eigenvalue weighted by Gasteiger charge is -2.36. The Labute approximate surface area is 235 Å². The number of carbonyl (C=O) groups excluding carboxylic acids is 1. The summed E-state index contributed by atoms with van der Waals surface area (Å²) in [5, 5.41) is 0. The average Bonchev–Trinajstić information content (AvgIpc) is 2.95. The SMILES string of the molecule is COc1cccc(-c2ccc3c(c2)N(S(=O)(=O)c2cccc(C)c2)C[C@H](CCC(=O)N2CCS(=O)(=O)CC2)O3)c1. The zero-order valence-electron chi connectivity index (χ0n) is 22.4. The molecule has 1 fully saturated rings. The Morgan fingerprint density at radius 1 is 1.00 bits per heavy atom. The highest BCUT2D eigenvalue weighted by atomic mass is 32.2. The number of methoxy groups -OCH3 is 1.